The number of halogens is 1. The molecule has 6 heteroatoms. The molecule has 4 aromatic rings. The smallest absolute Gasteiger partial charge is 0.267 e. The molecule has 32 heavy (non-hydrogen) atoms. The van der Waals surface area contributed by atoms with Gasteiger partial charge in [-0.1, -0.05) is 85.3 Å². The maximum Gasteiger partial charge on any atom is 0.267 e. The number of benzene rings is 3. The summed E-state index contributed by atoms with van der Waals surface area (Å²) in [4.78, 5) is 19.7. The van der Waals surface area contributed by atoms with Crippen LogP contribution in [-0.2, 0) is 11.3 Å². The molecule has 0 bridgehead atoms. The molecule has 0 N–H and O–H groups in total. The molecule has 4 rings (SSSR count). The van der Waals surface area contributed by atoms with Gasteiger partial charge in [0.1, 0.15) is 5.75 Å². The first kappa shape index (κ1) is 22.3. The predicted octanol–water partition coefficient (Wildman–Crippen LogP) is 6.99. The van der Waals surface area contributed by atoms with E-state index in [1.165, 1.54) is 16.9 Å². The topological polar surface area (TPSA) is 42.4 Å². The summed E-state index contributed by atoms with van der Waals surface area (Å²) in [5.41, 5.74) is 4.11. The molecule has 4 nitrogen and oxygen atoms in total. The Bertz CT molecular complexity index is 1180. The highest BCUT2D eigenvalue weighted by molar-refractivity contribution is 7.23. The van der Waals surface area contributed by atoms with E-state index in [0.29, 0.717) is 28.4 Å². The fraction of sp³-hybridized carbons (Fsp3) is 0.231. The summed E-state index contributed by atoms with van der Waals surface area (Å²) in [6, 6.07) is 21.6. The molecule has 164 valence electrons. The van der Waals surface area contributed by atoms with E-state index in [-0.39, 0.29) is 12.5 Å². The van der Waals surface area contributed by atoms with Gasteiger partial charge < -0.3 is 4.74 Å². The van der Waals surface area contributed by atoms with E-state index >= 15 is 0 Å². The molecular formula is C26H25ClN2O2S. The zero-order valence-electron chi connectivity index (χ0n) is 18.3. The molecule has 0 unspecified atom stereocenters. The summed E-state index contributed by atoms with van der Waals surface area (Å²) >= 11 is 7.83. The third kappa shape index (κ3) is 4.95. The van der Waals surface area contributed by atoms with Crippen LogP contribution in [0.2, 0.25) is 5.02 Å². The summed E-state index contributed by atoms with van der Waals surface area (Å²) in [5.74, 6) is 0.960. The maximum absolute atomic E-state index is 13.3. The average molecular weight is 465 g/mol. The molecule has 0 fully saturated rings. The Labute approximate surface area is 197 Å². The van der Waals surface area contributed by atoms with Gasteiger partial charge in [-0.2, -0.15) is 0 Å². The largest absolute Gasteiger partial charge is 0.484 e. The van der Waals surface area contributed by atoms with Crippen molar-refractivity contribution < 1.29 is 9.53 Å². The van der Waals surface area contributed by atoms with Crippen molar-refractivity contribution >= 4 is 44.2 Å². The molecule has 1 amide bonds. The Morgan fingerprint density at radius 3 is 2.44 bits per heavy atom. The predicted molar refractivity (Wildman–Crippen MR) is 133 cm³/mol. The van der Waals surface area contributed by atoms with E-state index in [2.05, 4.69) is 13.8 Å². The number of fused-ring (bicyclic) bond motifs is 1. The Balaban J connectivity index is 1.60. The lowest BCUT2D eigenvalue weighted by atomic mass is 10.0. The minimum absolute atomic E-state index is 0.0729. The Hall–Kier alpha value is -2.89. The van der Waals surface area contributed by atoms with E-state index in [0.717, 1.165) is 21.3 Å². The molecule has 0 aliphatic rings. The van der Waals surface area contributed by atoms with Gasteiger partial charge in [-0.25, -0.2) is 4.98 Å². The van der Waals surface area contributed by atoms with Gasteiger partial charge in [-0.05, 0) is 47.7 Å². The van der Waals surface area contributed by atoms with Gasteiger partial charge in [-0.15, -0.1) is 0 Å². The monoisotopic (exact) mass is 464 g/mol. The summed E-state index contributed by atoms with van der Waals surface area (Å²) in [6.07, 6.45) is 0. The number of aromatic nitrogens is 1. The number of amides is 1. The van der Waals surface area contributed by atoms with Gasteiger partial charge in [0.25, 0.3) is 5.91 Å². The summed E-state index contributed by atoms with van der Waals surface area (Å²) in [6.45, 7) is 6.62. The second kappa shape index (κ2) is 9.72. The maximum atomic E-state index is 13.3. The highest BCUT2D eigenvalue weighted by Gasteiger charge is 2.22. The van der Waals surface area contributed by atoms with Crippen LogP contribution in [-0.4, -0.2) is 17.5 Å². The summed E-state index contributed by atoms with van der Waals surface area (Å²) < 4.78 is 6.71. The van der Waals surface area contributed by atoms with Crippen molar-refractivity contribution in [2.75, 3.05) is 11.5 Å². The Morgan fingerprint density at radius 1 is 1.06 bits per heavy atom. The molecule has 3 aromatic carbocycles. The Morgan fingerprint density at radius 2 is 1.78 bits per heavy atom. The van der Waals surface area contributed by atoms with Crippen molar-refractivity contribution in [3.05, 3.63) is 88.4 Å². The number of hydrogen-bond donors (Lipinski definition) is 0. The third-order valence-corrected chi connectivity index (χ3v) is 6.85. The SMILES string of the molecule is Cc1ccc(Cl)c2sc(N(Cc3ccccc3)C(=O)COc3ccc(C(C)C)cc3)nc12. The van der Waals surface area contributed by atoms with Crippen LogP contribution in [0.15, 0.2) is 66.7 Å². The van der Waals surface area contributed by atoms with Crippen LogP contribution in [0.1, 0.15) is 36.5 Å². The quantitative estimate of drug-likeness (QED) is 0.296. The zero-order valence-corrected chi connectivity index (χ0v) is 19.9. The number of carbonyl (C=O) groups excluding carboxylic acids is 1. The number of rotatable bonds is 7. The van der Waals surface area contributed by atoms with Gasteiger partial charge in [0.05, 0.1) is 21.8 Å². The second-order valence-corrected chi connectivity index (χ2v) is 9.40. The van der Waals surface area contributed by atoms with E-state index < -0.39 is 0 Å². The lowest BCUT2D eigenvalue weighted by Crippen LogP contribution is -2.34. The molecule has 0 radical (unpaired) electrons. The summed E-state index contributed by atoms with van der Waals surface area (Å²) in [5, 5.41) is 1.26. The minimum atomic E-state index is -0.158. The second-order valence-electron chi connectivity index (χ2n) is 8.02. The molecule has 1 heterocycles. The van der Waals surface area contributed by atoms with Gasteiger partial charge in [0, 0.05) is 0 Å². The highest BCUT2D eigenvalue weighted by Crippen LogP contribution is 2.36. The van der Waals surface area contributed by atoms with E-state index in [4.69, 9.17) is 21.3 Å². The molecule has 1 aromatic heterocycles. The first-order valence-electron chi connectivity index (χ1n) is 10.5. The van der Waals surface area contributed by atoms with E-state index in [1.54, 1.807) is 4.90 Å². The Kier molecular flexibility index (Phi) is 6.77. The molecule has 0 aliphatic heterocycles. The number of thiazole rings is 1. The van der Waals surface area contributed by atoms with Crippen molar-refractivity contribution in [3.8, 4) is 5.75 Å². The van der Waals surface area contributed by atoms with Crippen LogP contribution in [0, 0.1) is 6.92 Å². The molecular weight excluding hydrogens is 440 g/mol. The molecule has 0 saturated heterocycles. The molecule has 0 saturated carbocycles. The van der Waals surface area contributed by atoms with Crippen LogP contribution in [0.25, 0.3) is 10.2 Å². The normalized spacial score (nSPS) is 11.2. The average Bonchev–Trinajstić information content (AvgIpc) is 3.26. The van der Waals surface area contributed by atoms with Crippen LogP contribution < -0.4 is 9.64 Å². The van der Waals surface area contributed by atoms with Crippen molar-refractivity contribution in [2.45, 2.75) is 33.2 Å². The number of hydrogen-bond acceptors (Lipinski definition) is 4. The lowest BCUT2D eigenvalue weighted by molar-refractivity contribution is -0.120. The lowest BCUT2D eigenvalue weighted by Gasteiger charge is -2.20. The van der Waals surface area contributed by atoms with E-state index in [9.17, 15) is 4.79 Å². The van der Waals surface area contributed by atoms with Crippen molar-refractivity contribution in [1.29, 1.82) is 0 Å². The number of ether oxygens (including phenoxy) is 1. The van der Waals surface area contributed by atoms with Crippen LogP contribution in [0.3, 0.4) is 0 Å². The van der Waals surface area contributed by atoms with Crippen molar-refractivity contribution in [1.82, 2.24) is 4.98 Å². The number of anilines is 1. The van der Waals surface area contributed by atoms with Gasteiger partial charge >= 0.3 is 0 Å². The zero-order chi connectivity index (χ0) is 22.7. The van der Waals surface area contributed by atoms with Crippen LogP contribution in [0.4, 0.5) is 5.13 Å². The van der Waals surface area contributed by atoms with Gasteiger partial charge in [-0.3, -0.25) is 9.69 Å². The molecule has 0 atom stereocenters. The first-order chi connectivity index (χ1) is 15.4. The standard InChI is InChI=1S/C26H25ClN2O2S/c1-17(2)20-10-12-21(13-11-20)31-16-23(30)29(15-19-7-5-4-6-8-19)26-28-24-18(3)9-14-22(27)25(24)32-26/h4-14,17H,15-16H2,1-3H3. The highest BCUT2D eigenvalue weighted by atomic mass is 35.5. The molecule has 0 aliphatic carbocycles. The van der Waals surface area contributed by atoms with Gasteiger partial charge in [0.15, 0.2) is 11.7 Å². The fourth-order valence-corrected chi connectivity index (χ4v) is 4.74. The van der Waals surface area contributed by atoms with Gasteiger partial charge in [0.2, 0.25) is 0 Å². The van der Waals surface area contributed by atoms with Crippen LogP contribution >= 0.6 is 22.9 Å². The minimum Gasteiger partial charge on any atom is -0.484 e. The van der Waals surface area contributed by atoms with Crippen LogP contribution in [0.5, 0.6) is 5.75 Å². The molecule has 0 spiro atoms. The summed E-state index contributed by atoms with van der Waals surface area (Å²) in [7, 11) is 0. The number of nitrogens with zero attached hydrogens (tertiary/aromatic N) is 2. The fourth-order valence-electron chi connectivity index (χ4n) is 3.41. The van der Waals surface area contributed by atoms with Crippen molar-refractivity contribution in [2.24, 2.45) is 0 Å². The number of aryl methyl sites for hydroxylation is 1. The van der Waals surface area contributed by atoms with Crippen molar-refractivity contribution in [3.63, 3.8) is 0 Å². The number of carbonyl (C=O) groups is 1. The van der Waals surface area contributed by atoms with E-state index in [1.807, 2.05) is 73.7 Å². The third-order valence-electron chi connectivity index (χ3n) is 5.31. The first-order valence-corrected chi connectivity index (χ1v) is 11.7.